The Morgan fingerprint density at radius 3 is 2.37 bits per heavy atom. The second-order valence-electron chi connectivity index (χ2n) is 4.78. The maximum Gasteiger partial charge on any atom is 0.306 e. The monoisotopic (exact) mass is 266 g/mol. The summed E-state index contributed by atoms with van der Waals surface area (Å²) in [6.45, 7) is 4.72. The molecule has 2 heteroatoms. The lowest BCUT2D eigenvalue weighted by Crippen LogP contribution is -2.03. The van der Waals surface area contributed by atoms with Crippen LogP contribution in [-0.2, 0) is 9.53 Å². The fraction of sp³-hybridized carbons (Fsp3) is 0.706. The van der Waals surface area contributed by atoms with Crippen LogP contribution in [-0.4, -0.2) is 12.6 Å². The van der Waals surface area contributed by atoms with Crippen LogP contribution >= 0.6 is 0 Å². The number of rotatable bonds is 12. The maximum absolute atomic E-state index is 11.4. The van der Waals surface area contributed by atoms with Gasteiger partial charge in [0.1, 0.15) is 6.61 Å². The fourth-order valence-corrected chi connectivity index (χ4v) is 1.74. The number of ether oxygens (including phenoxy) is 1. The second kappa shape index (κ2) is 15.0. The average Bonchev–Trinajstić information content (AvgIpc) is 2.41. The number of hydrogen-bond acceptors (Lipinski definition) is 2. The lowest BCUT2D eigenvalue weighted by Gasteiger charge is -2.02. The summed E-state index contributed by atoms with van der Waals surface area (Å²) in [5.41, 5.74) is 0. The van der Waals surface area contributed by atoms with Gasteiger partial charge >= 0.3 is 5.97 Å². The van der Waals surface area contributed by atoms with Crippen molar-refractivity contribution >= 4 is 5.97 Å². The van der Waals surface area contributed by atoms with Crippen molar-refractivity contribution in [2.45, 2.75) is 71.6 Å². The largest absolute Gasteiger partial charge is 0.461 e. The van der Waals surface area contributed by atoms with Gasteiger partial charge in [0.25, 0.3) is 0 Å². The quantitative estimate of drug-likeness (QED) is 0.276. The molecule has 0 saturated carbocycles. The van der Waals surface area contributed by atoms with Gasteiger partial charge in [0.2, 0.25) is 0 Å². The predicted molar refractivity (Wildman–Crippen MR) is 82.1 cm³/mol. The van der Waals surface area contributed by atoms with E-state index in [1.165, 1.54) is 19.3 Å². The van der Waals surface area contributed by atoms with E-state index < -0.39 is 0 Å². The van der Waals surface area contributed by atoms with E-state index in [4.69, 9.17) is 4.74 Å². The normalized spacial score (nSPS) is 11.5. The molecular formula is C17H30O2. The van der Waals surface area contributed by atoms with Crippen molar-refractivity contribution < 1.29 is 9.53 Å². The summed E-state index contributed by atoms with van der Waals surface area (Å²) in [5.74, 6) is -0.0629. The summed E-state index contributed by atoms with van der Waals surface area (Å²) in [4.78, 5) is 11.4. The van der Waals surface area contributed by atoms with Crippen LogP contribution in [0.15, 0.2) is 24.3 Å². The van der Waals surface area contributed by atoms with Crippen molar-refractivity contribution in [1.29, 1.82) is 0 Å². The summed E-state index contributed by atoms with van der Waals surface area (Å²) < 4.78 is 5.11. The molecular weight excluding hydrogens is 236 g/mol. The minimum absolute atomic E-state index is 0.0629. The Hall–Kier alpha value is -1.05. The highest BCUT2D eigenvalue weighted by molar-refractivity contribution is 5.69. The lowest BCUT2D eigenvalue weighted by atomic mass is 10.1. The van der Waals surface area contributed by atoms with Crippen molar-refractivity contribution in [3.8, 4) is 0 Å². The first-order chi connectivity index (χ1) is 9.31. The summed E-state index contributed by atoms with van der Waals surface area (Å²) in [5, 5.41) is 0. The molecule has 0 radical (unpaired) electrons. The van der Waals surface area contributed by atoms with Crippen LogP contribution < -0.4 is 0 Å². The molecule has 0 spiro atoms. The van der Waals surface area contributed by atoms with Crippen LogP contribution in [0.5, 0.6) is 0 Å². The molecule has 19 heavy (non-hydrogen) atoms. The molecule has 0 aliphatic carbocycles. The Morgan fingerprint density at radius 1 is 0.895 bits per heavy atom. The molecule has 0 atom stereocenters. The van der Waals surface area contributed by atoms with Gasteiger partial charge in [-0.05, 0) is 32.1 Å². The Labute approximate surface area is 118 Å². The number of hydrogen-bond donors (Lipinski definition) is 0. The molecule has 0 heterocycles. The molecule has 0 saturated heterocycles. The summed E-state index contributed by atoms with van der Waals surface area (Å²) in [7, 11) is 0. The third-order valence-corrected chi connectivity index (χ3v) is 2.87. The van der Waals surface area contributed by atoms with Crippen LogP contribution in [0.2, 0.25) is 0 Å². The number of carbonyl (C=O) groups is 1. The van der Waals surface area contributed by atoms with Crippen LogP contribution in [0.1, 0.15) is 71.6 Å². The van der Waals surface area contributed by atoms with Gasteiger partial charge in [-0.25, -0.2) is 0 Å². The third kappa shape index (κ3) is 14.9. The molecule has 0 fully saturated rings. The van der Waals surface area contributed by atoms with Crippen molar-refractivity contribution in [3.05, 3.63) is 24.3 Å². The van der Waals surface area contributed by atoms with Crippen LogP contribution in [0, 0.1) is 0 Å². The molecule has 0 amide bonds. The van der Waals surface area contributed by atoms with Crippen LogP contribution in [0.4, 0.5) is 0 Å². The van der Waals surface area contributed by atoms with Gasteiger partial charge in [0.05, 0.1) is 0 Å². The topological polar surface area (TPSA) is 26.3 Å². The van der Waals surface area contributed by atoms with Gasteiger partial charge in [-0.3, -0.25) is 4.79 Å². The molecule has 110 valence electrons. The number of unbranched alkanes of at least 4 members (excludes halogenated alkanes) is 5. The molecule has 0 aromatic heterocycles. The standard InChI is InChI=1S/C17H30O2/c1-3-5-7-9-10-11-12-13-15-17(18)19-16-14-8-6-4-2/h5,7-8,14H,3-4,6,9-13,15-16H2,1-2H3/b7-5+,14-8+. The van der Waals surface area contributed by atoms with Crippen LogP contribution in [0.25, 0.3) is 0 Å². The first-order valence-electron chi connectivity index (χ1n) is 7.76. The van der Waals surface area contributed by atoms with Crippen molar-refractivity contribution in [3.63, 3.8) is 0 Å². The van der Waals surface area contributed by atoms with Crippen molar-refractivity contribution in [1.82, 2.24) is 0 Å². The fourth-order valence-electron chi connectivity index (χ4n) is 1.74. The van der Waals surface area contributed by atoms with Crippen molar-refractivity contribution in [2.24, 2.45) is 0 Å². The predicted octanol–water partition coefficient (Wildman–Crippen LogP) is 5.19. The Bertz CT molecular complexity index is 254. The first-order valence-corrected chi connectivity index (χ1v) is 7.76. The van der Waals surface area contributed by atoms with Gasteiger partial charge in [0.15, 0.2) is 0 Å². The molecule has 0 bridgehead atoms. The summed E-state index contributed by atoms with van der Waals surface area (Å²) in [6, 6.07) is 0. The maximum atomic E-state index is 11.4. The zero-order valence-electron chi connectivity index (χ0n) is 12.7. The number of allylic oxidation sites excluding steroid dienone is 3. The van der Waals surface area contributed by atoms with E-state index >= 15 is 0 Å². The highest BCUT2D eigenvalue weighted by atomic mass is 16.5. The van der Waals surface area contributed by atoms with Gasteiger partial charge in [-0.2, -0.15) is 0 Å². The molecule has 0 N–H and O–H groups in total. The van der Waals surface area contributed by atoms with Crippen LogP contribution in [0.3, 0.4) is 0 Å². The minimum atomic E-state index is -0.0629. The highest BCUT2D eigenvalue weighted by Gasteiger charge is 2.00. The number of carbonyl (C=O) groups excluding carboxylic acids is 1. The van der Waals surface area contributed by atoms with E-state index in [0.717, 1.165) is 32.1 Å². The zero-order chi connectivity index (χ0) is 14.2. The SMILES string of the molecule is CC/C=C/CCCCCCC(=O)OC/C=C/CCC. The Balaban J connectivity index is 3.27. The molecule has 0 aromatic rings. The van der Waals surface area contributed by atoms with Crippen molar-refractivity contribution in [2.75, 3.05) is 6.61 Å². The molecule has 2 nitrogen and oxygen atoms in total. The van der Waals surface area contributed by atoms with Gasteiger partial charge in [-0.15, -0.1) is 0 Å². The average molecular weight is 266 g/mol. The van der Waals surface area contributed by atoms with Gasteiger partial charge in [0, 0.05) is 6.42 Å². The van der Waals surface area contributed by atoms with E-state index in [2.05, 4.69) is 32.1 Å². The lowest BCUT2D eigenvalue weighted by molar-refractivity contribution is -0.142. The molecule has 0 rings (SSSR count). The summed E-state index contributed by atoms with van der Waals surface area (Å²) in [6.07, 6.45) is 18.0. The van der Waals surface area contributed by atoms with E-state index in [-0.39, 0.29) is 5.97 Å². The first kappa shape index (κ1) is 17.9. The van der Waals surface area contributed by atoms with E-state index in [9.17, 15) is 4.79 Å². The molecule has 0 unspecified atom stereocenters. The molecule has 0 aromatic carbocycles. The third-order valence-electron chi connectivity index (χ3n) is 2.87. The minimum Gasteiger partial charge on any atom is -0.461 e. The summed E-state index contributed by atoms with van der Waals surface area (Å²) >= 11 is 0. The Morgan fingerprint density at radius 2 is 1.63 bits per heavy atom. The zero-order valence-corrected chi connectivity index (χ0v) is 12.7. The van der Waals surface area contributed by atoms with E-state index in [1.54, 1.807) is 0 Å². The highest BCUT2D eigenvalue weighted by Crippen LogP contribution is 2.07. The smallest absolute Gasteiger partial charge is 0.306 e. The van der Waals surface area contributed by atoms with Gasteiger partial charge in [-0.1, -0.05) is 57.4 Å². The molecule has 0 aliphatic heterocycles. The second-order valence-corrected chi connectivity index (χ2v) is 4.78. The van der Waals surface area contributed by atoms with E-state index in [0.29, 0.717) is 13.0 Å². The van der Waals surface area contributed by atoms with Gasteiger partial charge < -0.3 is 4.74 Å². The van der Waals surface area contributed by atoms with E-state index in [1.807, 2.05) is 6.08 Å². The number of esters is 1. The molecule has 0 aliphatic rings. The Kier molecular flexibility index (Phi) is 14.2.